The summed E-state index contributed by atoms with van der Waals surface area (Å²) in [6.45, 7) is 3.82. The van der Waals surface area contributed by atoms with Crippen molar-refractivity contribution >= 4 is 10.9 Å². The van der Waals surface area contributed by atoms with Gasteiger partial charge in [0.25, 0.3) is 5.56 Å². The molecule has 1 aromatic heterocycles. The van der Waals surface area contributed by atoms with Crippen molar-refractivity contribution in [2.45, 2.75) is 19.9 Å². The molecule has 3 heteroatoms. The first-order valence-corrected chi connectivity index (χ1v) is 4.91. The molecule has 0 N–H and O–H groups in total. The third kappa shape index (κ3) is 1.54. The molecule has 0 aliphatic carbocycles. The Morgan fingerprint density at radius 2 is 1.93 bits per heavy atom. The summed E-state index contributed by atoms with van der Waals surface area (Å²) in [5.74, 6) is -0.290. The van der Waals surface area contributed by atoms with Crippen LogP contribution in [0.25, 0.3) is 10.9 Å². The van der Waals surface area contributed by atoms with Crippen molar-refractivity contribution in [1.29, 1.82) is 0 Å². The Hall–Kier alpha value is -1.64. The first kappa shape index (κ1) is 9.90. The monoisotopic (exact) mass is 205 g/mol. The molecule has 2 nitrogen and oxygen atoms in total. The fraction of sp³-hybridized carbons (Fsp3) is 0.250. The topological polar surface area (TPSA) is 22.0 Å². The molecule has 0 atom stereocenters. The summed E-state index contributed by atoms with van der Waals surface area (Å²) in [4.78, 5) is 11.6. The van der Waals surface area contributed by atoms with Crippen LogP contribution >= 0.6 is 0 Å². The quantitative estimate of drug-likeness (QED) is 0.701. The zero-order chi connectivity index (χ0) is 11.0. The van der Waals surface area contributed by atoms with Gasteiger partial charge in [-0.15, -0.1) is 0 Å². The predicted molar refractivity (Wildman–Crippen MR) is 58.6 cm³/mol. The fourth-order valence-corrected chi connectivity index (χ4v) is 1.79. The minimum atomic E-state index is -0.290. The molecule has 0 spiro atoms. The van der Waals surface area contributed by atoms with Crippen molar-refractivity contribution in [2.75, 3.05) is 0 Å². The van der Waals surface area contributed by atoms with E-state index < -0.39 is 0 Å². The molecule has 15 heavy (non-hydrogen) atoms. The van der Waals surface area contributed by atoms with E-state index in [1.165, 1.54) is 18.2 Å². The van der Waals surface area contributed by atoms with Gasteiger partial charge < -0.3 is 4.57 Å². The largest absolute Gasteiger partial charge is 0.306 e. The molecular weight excluding hydrogens is 193 g/mol. The van der Waals surface area contributed by atoms with Crippen molar-refractivity contribution in [3.8, 4) is 0 Å². The molecule has 0 unspecified atom stereocenters. The molecule has 0 radical (unpaired) electrons. The van der Waals surface area contributed by atoms with Crippen molar-refractivity contribution in [3.05, 3.63) is 46.5 Å². The number of rotatable bonds is 1. The highest BCUT2D eigenvalue weighted by Crippen LogP contribution is 2.18. The molecule has 0 saturated carbocycles. The second-order valence-corrected chi connectivity index (χ2v) is 3.81. The van der Waals surface area contributed by atoms with E-state index >= 15 is 0 Å². The third-order valence-corrected chi connectivity index (χ3v) is 2.44. The predicted octanol–water partition coefficient (Wildman–Crippen LogP) is 2.72. The van der Waals surface area contributed by atoms with Crippen molar-refractivity contribution in [2.24, 2.45) is 0 Å². The van der Waals surface area contributed by atoms with Gasteiger partial charge in [-0.05, 0) is 32.0 Å². The smallest absolute Gasteiger partial charge is 0.251 e. The van der Waals surface area contributed by atoms with E-state index in [1.54, 1.807) is 16.7 Å². The zero-order valence-corrected chi connectivity index (χ0v) is 8.70. The molecule has 78 valence electrons. The number of nitrogens with zero attached hydrogens (tertiary/aromatic N) is 1. The molecule has 2 aromatic rings. The van der Waals surface area contributed by atoms with E-state index in [0.29, 0.717) is 10.9 Å². The molecule has 0 amide bonds. The average molecular weight is 205 g/mol. The number of halogens is 1. The van der Waals surface area contributed by atoms with Crippen LogP contribution in [0.3, 0.4) is 0 Å². The van der Waals surface area contributed by atoms with E-state index in [-0.39, 0.29) is 17.4 Å². The fourth-order valence-electron chi connectivity index (χ4n) is 1.79. The molecular formula is C12H12FNO. The van der Waals surface area contributed by atoms with Gasteiger partial charge >= 0.3 is 0 Å². The lowest BCUT2D eigenvalue weighted by Gasteiger charge is -2.13. The van der Waals surface area contributed by atoms with Gasteiger partial charge in [-0.25, -0.2) is 4.39 Å². The molecule has 0 saturated heterocycles. The zero-order valence-electron chi connectivity index (χ0n) is 8.70. The Morgan fingerprint density at radius 3 is 2.60 bits per heavy atom. The maximum atomic E-state index is 13.4. The molecule has 0 aliphatic rings. The van der Waals surface area contributed by atoms with Crippen molar-refractivity contribution in [1.82, 2.24) is 4.57 Å². The number of benzene rings is 1. The summed E-state index contributed by atoms with van der Waals surface area (Å²) >= 11 is 0. The van der Waals surface area contributed by atoms with Gasteiger partial charge in [-0.1, -0.05) is 6.07 Å². The van der Waals surface area contributed by atoms with Crippen LogP contribution in [0.4, 0.5) is 4.39 Å². The second-order valence-electron chi connectivity index (χ2n) is 3.81. The van der Waals surface area contributed by atoms with E-state index in [9.17, 15) is 9.18 Å². The van der Waals surface area contributed by atoms with Gasteiger partial charge in [0.1, 0.15) is 5.82 Å². The van der Waals surface area contributed by atoms with E-state index in [4.69, 9.17) is 0 Å². The van der Waals surface area contributed by atoms with Crippen LogP contribution in [0.2, 0.25) is 0 Å². The van der Waals surface area contributed by atoms with Gasteiger partial charge in [-0.2, -0.15) is 0 Å². The van der Waals surface area contributed by atoms with Crippen LogP contribution in [0.5, 0.6) is 0 Å². The lowest BCUT2D eigenvalue weighted by atomic mass is 10.2. The van der Waals surface area contributed by atoms with Crippen LogP contribution < -0.4 is 5.56 Å². The Morgan fingerprint density at radius 1 is 1.20 bits per heavy atom. The summed E-state index contributed by atoms with van der Waals surface area (Å²) in [6, 6.07) is 7.76. The van der Waals surface area contributed by atoms with Crippen molar-refractivity contribution < 1.29 is 4.39 Å². The molecule has 0 bridgehead atoms. The maximum absolute atomic E-state index is 13.4. The Kier molecular flexibility index (Phi) is 2.31. The first-order chi connectivity index (χ1) is 7.11. The average Bonchev–Trinajstić information content (AvgIpc) is 2.17. The molecule has 1 aromatic carbocycles. The van der Waals surface area contributed by atoms with Crippen LogP contribution in [-0.2, 0) is 0 Å². The third-order valence-electron chi connectivity index (χ3n) is 2.44. The van der Waals surface area contributed by atoms with Gasteiger partial charge in [0.05, 0.1) is 5.52 Å². The maximum Gasteiger partial charge on any atom is 0.251 e. The summed E-state index contributed by atoms with van der Waals surface area (Å²) in [7, 11) is 0. The highest BCUT2D eigenvalue weighted by atomic mass is 19.1. The Balaban J connectivity index is 2.94. The molecule has 2 rings (SSSR count). The molecule has 0 aliphatic heterocycles. The number of hydrogen-bond donors (Lipinski definition) is 0. The van der Waals surface area contributed by atoms with Crippen LogP contribution in [-0.4, -0.2) is 4.57 Å². The summed E-state index contributed by atoms with van der Waals surface area (Å²) < 4.78 is 15.0. The lowest BCUT2D eigenvalue weighted by molar-refractivity contribution is 0.596. The lowest BCUT2D eigenvalue weighted by Crippen LogP contribution is -2.21. The van der Waals surface area contributed by atoms with E-state index in [0.717, 1.165) is 0 Å². The summed E-state index contributed by atoms with van der Waals surface area (Å²) in [5.41, 5.74) is 0.556. The van der Waals surface area contributed by atoms with Crippen molar-refractivity contribution in [3.63, 3.8) is 0 Å². The number of aromatic nitrogens is 1. The highest BCUT2D eigenvalue weighted by Gasteiger charge is 2.08. The van der Waals surface area contributed by atoms with Gasteiger partial charge in [0.2, 0.25) is 0 Å². The standard InChI is InChI=1S/C12H12FNO/c1-8(2)14-11-5-3-4-10(13)9(11)6-7-12(14)15/h3-8H,1-2H3. The highest BCUT2D eigenvalue weighted by molar-refractivity contribution is 5.79. The Bertz CT molecular complexity index is 557. The van der Waals surface area contributed by atoms with Gasteiger partial charge in [-0.3, -0.25) is 4.79 Å². The summed E-state index contributed by atoms with van der Waals surface area (Å²) in [6.07, 6.45) is 0. The van der Waals surface area contributed by atoms with Crippen LogP contribution in [0.1, 0.15) is 19.9 Å². The van der Waals surface area contributed by atoms with Gasteiger partial charge in [0, 0.05) is 17.5 Å². The number of pyridine rings is 1. The minimum absolute atomic E-state index is 0.0306. The van der Waals surface area contributed by atoms with E-state index in [2.05, 4.69) is 0 Å². The van der Waals surface area contributed by atoms with Crippen LogP contribution in [0, 0.1) is 5.82 Å². The normalized spacial score (nSPS) is 11.2. The summed E-state index contributed by atoms with van der Waals surface area (Å²) in [5, 5.41) is 0.491. The number of fused-ring (bicyclic) bond motifs is 1. The van der Waals surface area contributed by atoms with Gasteiger partial charge in [0.15, 0.2) is 0 Å². The SMILES string of the molecule is CC(C)n1c(=O)ccc2c(F)cccc21. The molecule has 1 heterocycles. The Labute approximate surface area is 87.0 Å². The van der Waals surface area contributed by atoms with Crippen LogP contribution in [0.15, 0.2) is 35.1 Å². The molecule has 0 fully saturated rings. The second kappa shape index (κ2) is 3.50. The minimum Gasteiger partial charge on any atom is -0.306 e. The van der Waals surface area contributed by atoms with E-state index in [1.807, 2.05) is 13.8 Å². The number of hydrogen-bond acceptors (Lipinski definition) is 1. The first-order valence-electron chi connectivity index (χ1n) is 4.91.